The SMILES string of the molecule is CCOC(=O)c1csc(N)n1.CCOC(=O)c1csc(NC(=O)c2ccccc2OC(F)(F)F)n1.O=C(Cl)c1ccccc1OC(F)(F)F. The maximum absolute atomic E-state index is 12.4. The van der Waals surface area contributed by atoms with Crippen LogP contribution in [0.5, 0.6) is 11.5 Å². The molecule has 12 nitrogen and oxygen atoms in total. The lowest BCUT2D eigenvalue weighted by atomic mass is 10.2. The van der Waals surface area contributed by atoms with Gasteiger partial charge in [-0.25, -0.2) is 19.6 Å². The largest absolute Gasteiger partial charge is 0.573 e. The molecule has 0 radical (unpaired) electrons. The maximum atomic E-state index is 12.4. The quantitative estimate of drug-likeness (QED) is 0.0996. The average molecular weight is 757 g/mol. The van der Waals surface area contributed by atoms with E-state index in [0.717, 1.165) is 29.5 Å². The number of nitrogen functional groups attached to an aromatic ring is 1. The minimum Gasteiger partial charge on any atom is -0.461 e. The first-order valence-electron chi connectivity index (χ1n) is 13.2. The number of carbonyl (C=O) groups excluding carboxylic acids is 4. The number of ether oxygens (including phenoxy) is 4. The van der Waals surface area contributed by atoms with Crippen LogP contribution in [0.15, 0.2) is 59.3 Å². The predicted molar refractivity (Wildman–Crippen MR) is 165 cm³/mol. The van der Waals surface area contributed by atoms with Crippen LogP contribution in [-0.2, 0) is 9.47 Å². The number of nitrogens with zero attached hydrogens (tertiary/aromatic N) is 2. The first kappa shape index (κ1) is 40.2. The van der Waals surface area contributed by atoms with E-state index in [1.807, 2.05) is 0 Å². The van der Waals surface area contributed by atoms with Gasteiger partial charge >= 0.3 is 24.7 Å². The molecule has 21 heteroatoms. The van der Waals surface area contributed by atoms with Crippen LogP contribution in [0.1, 0.15) is 55.5 Å². The van der Waals surface area contributed by atoms with Gasteiger partial charge in [-0.2, -0.15) is 0 Å². The molecule has 0 fully saturated rings. The molecule has 0 bridgehead atoms. The topological polar surface area (TPSA) is 169 Å². The minimum atomic E-state index is -4.92. The number of rotatable bonds is 9. The van der Waals surface area contributed by atoms with Gasteiger partial charge in [0.25, 0.3) is 11.1 Å². The molecule has 0 saturated heterocycles. The van der Waals surface area contributed by atoms with Crippen molar-refractivity contribution in [3.05, 3.63) is 81.8 Å². The number of thiazole rings is 2. The zero-order chi connectivity index (χ0) is 36.8. The number of nitrogens with two attached hydrogens (primary N) is 1. The third-order valence-corrected chi connectivity index (χ3v) is 6.53. The van der Waals surface area contributed by atoms with E-state index in [-0.39, 0.29) is 34.3 Å². The first-order chi connectivity index (χ1) is 22.9. The molecule has 4 aromatic rings. The van der Waals surface area contributed by atoms with Crippen molar-refractivity contribution in [3.8, 4) is 11.5 Å². The maximum Gasteiger partial charge on any atom is 0.573 e. The van der Waals surface area contributed by atoms with Crippen LogP contribution in [0, 0.1) is 0 Å². The van der Waals surface area contributed by atoms with Crippen molar-refractivity contribution in [2.75, 3.05) is 24.3 Å². The number of aromatic nitrogens is 2. The van der Waals surface area contributed by atoms with Crippen LogP contribution >= 0.6 is 34.3 Å². The summed E-state index contributed by atoms with van der Waals surface area (Å²) in [4.78, 5) is 52.8. The van der Waals surface area contributed by atoms with Crippen molar-refractivity contribution in [2.45, 2.75) is 26.6 Å². The number of esters is 2. The van der Waals surface area contributed by atoms with Gasteiger partial charge in [0.1, 0.15) is 11.5 Å². The van der Waals surface area contributed by atoms with Crippen LogP contribution in [0.25, 0.3) is 0 Å². The summed E-state index contributed by atoms with van der Waals surface area (Å²) in [6.07, 6.45) is -9.75. The number of halogens is 7. The summed E-state index contributed by atoms with van der Waals surface area (Å²) in [5.41, 5.74) is 4.97. The van der Waals surface area contributed by atoms with E-state index in [4.69, 9.17) is 26.8 Å². The van der Waals surface area contributed by atoms with Gasteiger partial charge in [0.05, 0.1) is 24.3 Å². The Kier molecular flexibility index (Phi) is 15.2. The van der Waals surface area contributed by atoms with Crippen molar-refractivity contribution in [2.24, 2.45) is 0 Å². The Morgan fingerprint density at radius 2 is 1.20 bits per heavy atom. The second-order valence-electron chi connectivity index (χ2n) is 8.37. The van der Waals surface area contributed by atoms with E-state index in [1.54, 1.807) is 19.2 Å². The Morgan fingerprint density at radius 1 is 0.755 bits per heavy atom. The highest BCUT2D eigenvalue weighted by Gasteiger charge is 2.33. The summed E-state index contributed by atoms with van der Waals surface area (Å²) in [7, 11) is 0. The molecule has 0 unspecified atom stereocenters. The molecule has 0 atom stereocenters. The van der Waals surface area contributed by atoms with Crippen molar-refractivity contribution in [1.29, 1.82) is 0 Å². The molecule has 2 heterocycles. The monoisotopic (exact) mass is 756 g/mol. The molecule has 264 valence electrons. The van der Waals surface area contributed by atoms with Gasteiger partial charge in [-0.3, -0.25) is 14.9 Å². The van der Waals surface area contributed by atoms with Gasteiger partial charge in [0.15, 0.2) is 21.7 Å². The molecule has 0 aliphatic rings. The summed E-state index contributed by atoms with van der Waals surface area (Å²) >= 11 is 7.21. The highest BCUT2D eigenvalue weighted by atomic mass is 35.5. The van der Waals surface area contributed by atoms with Crippen LogP contribution in [-0.4, -0.2) is 59.0 Å². The predicted octanol–water partition coefficient (Wildman–Crippen LogP) is 7.34. The van der Waals surface area contributed by atoms with E-state index in [2.05, 4.69) is 24.8 Å². The molecule has 2 aromatic heterocycles. The smallest absolute Gasteiger partial charge is 0.461 e. The second kappa shape index (κ2) is 18.6. The third-order valence-electron chi connectivity index (χ3n) is 4.90. The Hall–Kier alpha value is -4.95. The lowest BCUT2D eigenvalue weighted by Gasteiger charge is -2.12. The fourth-order valence-electron chi connectivity index (χ4n) is 3.09. The number of anilines is 2. The second-order valence-corrected chi connectivity index (χ2v) is 10.5. The van der Waals surface area contributed by atoms with Gasteiger partial charge in [-0.15, -0.1) is 49.0 Å². The number of hydrogen-bond donors (Lipinski definition) is 2. The normalized spacial score (nSPS) is 10.7. The summed E-state index contributed by atoms with van der Waals surface area (Å²) in [5.74, 6) is -3.15. The molecular formula is C28H23ClF6N4O8S2. The van der Waals surface area contributed by atoms with Gasteiger partial charge in [-0.1, -0.05) is 24.3 Å². The lowest BCUT2D eigenvalue weighted by molar-refractivity contribution is -0.275. The van der Waals surface area contributed by atoms with E-state index in [9.17, 15) is 45.5 Å². The summed E-state index contributed by atoms with van der Waals surface area (Å²) in [5, 5.41) is 4.69. The Balaban J connectivity index is 0.000000282. The highest BCUT2D eigenvalue weighted by molar-refractivity contribution is 7.14. The molecule has 3 N–H and O–H groups in total. The van der Waals surface area contributed by atoms with Gasteiger partial charge in [-0.05, 0) is 49.7 Å². The van der Waals surface area contributed by atoms with Gasteiger partial charge in [0, 0.05) is 10.8 Å². The molecule has 0 aliphatic heterocycles. The average Bonchev–Trinajstić information content (AvgIpc) is 3.66. The number of para-hydroxylation sites is 2. The first-order valence-corrected chi connectivity index (χ1v) is 15.3. The van der Waals surface area contributed by atoms with Crippen LogP contribution in [0.3, 0.4) is 0 Å². The van der Waals surface area contributed by atoms with Crippen LogP contribution < -0.4 is 20.5 Å². The number of alkyl halides is 6. The molecule has 49 heavy (non-hydrogen) atoms. The fraction of sp³-hybridized carbons (Fsp3) is 0.214. The summed E-state index contributed by atoms with van der Waals surface area (Å²) < 4.78 is 89.4. The van der Waals surface area contributed by atoms with Crippen molar-refractivity contribution in [3.63, 3.8) is 0 Å². The molecule has 4 rings (SSSR count). The molecule has 0 aliphatic carbocycles. The number of benzene rings is 2. The van der Waals surface area contributed by atoms with E-state index < -0.39 is 47.3 Å². The van der Waals surface area contributed by atoms with Gasteiger partial charge in [0.2, 0.25) is 0 Å². The lowest BCUT2D eigenvalue weighted by Crippen LogP contribution is -2.20. The Labute approximate surface area is 285 Å². The van der Waals surface area contributed by atoms with E-state index in [0.29, 0.717) is 11.7 Å². The van der Waals surface area contributed by atoms with Crippen LogP contribution in [0.2, 0.25) is 0 Å². The molecule has 2 aromatic carbocycles. The number of amides is 1. The number of carbonyl (C=O) groups is 4. The molecule has 0 saturated carbocycles. The van der Waals surface area contributed by atoms with E-state index in [1.165, 1.54) is 47.0 Å². The summed E-state index contributed by atoms with van der Waals surface area (Å²) in [6, 6.07) is 9.76. The third kappa shape index (κ3) is 14.4. The molecule has 1 amide bonds. The summed E-state index contributed by atoms with van der Waals surface area (Å²) in [6.45, 7) is 3.90. The standard InChI is InChI=1S/C14H11F3N2O4S.C8H4ClF3O2.C6H8N2O2S/c1-2-22-12(21)9-7-24-13(18-9)19-11(20)8-5-3-4-6-10(8)23-14(15,16)17;9-7(13)5-3-1-2-4-6(5)14-8(10,11)12;1-2-10-5(9)4-3-11-6(7)8-4/h3-7H,2H2,1H3,(H,18,19,20);1-4H;3H,2H2,1H3,(H2,7,8). The fourth-order valence-corrected chi connectivity index (χ4v) is 4.45. The Bertz CT molecular complexity index is 1730. The number of nitrogens with one attached hydrogen (secondary N) is 1. The zero-order valence-corrected chi connectivity index (χ0v) is 27.3. The molecular weight excluding hydrogens is 734 g/mol. The highest BCUT2D eigenvalue weighted by Crippen LogP contribution is 2.28. The zero-order valence-electron chi connectivity index (χ0n) is 24.9. The van der Waals surface area contributed by atoms with Crippen molar-refractivity contribution in [1.82, 2.24) is 9.97 Å². The molecule has 0 spiro atoms. The Morgan fingerprint density at radius 3 is 1.65 bits per heavy atom. The van der Waals surface area contributed by atoms with Crippen LogP contribution in [0.4, 0.5) is 36.6 Å². The van der Waals surface area contributed by atoms with Crippen molar-refractivity contribution < 1.29 is 64.5 Å². The van der Waals surface area contributed by atoms with Crippen molar-refractivity contribution >= 4 is 67.6 Å². The number of hydrogen-bond acceptors (Lipinski definition) is 13. The van der Waals surface area contributed by atoms with E-state index >= 15 is 0 Å². The van der Waals surface area contributed by atoms with Gasteiger partial charge < -0.3 is 24.7 Å². The minimum absolute atomic E-state index is 0.00280.